The summed E-state index contributed by atoms with van der Waals surface area (Å²) in [7, 11) is -3.80. The maximum atomic E-state index is 11.8. The fourth-order valence-corrected chi connectivity index (χ4v) is 2.71. The van der Waals surface area contributed by atoms with Gasteiger partial charge in [0.15, 0.2) is 0 Å². The Balaban J connectivity index is 2.27. The van der Waals surface area contributed by atoms with E-state index in [1.165, 1.54) is 24.3 Å². The molecule has 0 unspecified atom stereocenters. The number of nitrogens with one attached hydrogen (secondary N) is 1. The summed E-state index contributed by atoms with van der Waals surface area (Å²) >= 11 is 0.796. The highest BCUT2D eigenvalue weighted by Gasteiger charge is 2.16. The Morgan fingerprint density at radius 2 is 1.94 bits per heavy atom. The molecule has 1 aromatic heterocycles. The van der Waals surface area contributed by atoms with Crippen LogP contribution in [-0.4, -0.2) is 34.3 Å². The van der Waals surface area contributed by atoms with Crippen molar-refractivity contribution in [3.05, 3.63) is 29.8 Å². The molecule has 1 heterocycles. The predicted molar refractivity (Wildman–Crippen MR) is 61.9 cm³/mol. The van der Waals surface area contributed by atoms with Gasteiger partial charge in [0.25, 0.3) is 10.0 Å². The first-order valence-electron chi connectivity index (χ1n) is 4.50. The molecule has 0 saturated heterocycles. The van der Waals surface area contributed by atoms with Crippen LogP contribution in [0.15, 0.2) is 29.2 Å². The van der Waals surface area contributed by atoms with Gasteiger partial charge in [0.2, 0.25) is 5.13 Å². The van der Waals surface area contributed by atoms with Crippen LogP contribution in [0, 0.1) is 0 Å². The van der Waals surface area contributed by atoms with Crippen LogP contribution in [0.25, 0.3) is 0 Å². The van der Waals surface area contributed by atoms with Crippen LogP contribution in [0.3, 0.4) is 0 Å². The van der Waals surface area contributed by atoms with Crippen molar-refractivity contribution in [3.63, 3.8) is 0 Å². The first-order chi connectivity index (χ1) is 8.49. The van der Waals surface area contributed by atoms with Crippen LogP contribution >= 0.6 is 11.5 Å². The normalized spacial score (nSPS) is 11.1. The summed E-state index contributed by atoms with van der Waals surface area (Å²) in [5.41, 5.74) is 0.00605. The number of hydrogen-bond acceptors (Lipinski definition) is 7. The average molecular weight is 286 g/mol. The van der Waals surface area contributed by atoms with E-state index in [0.29, 0.717) is 0 Å². The highest BCUT2D eigenvalue weighted by molar-refractivity contribution is 7.93. The van der Waals surface area contributed by atoms with Gasteiger partial charge in [-0.15, -0.1) is 0 Å². The molecule has 0 spiro atoms. The Morgan fingerprint density at radius 3 is 2.44 bits per heavy atom. The first-order valence-corrected chi connectivity index (χ1v) is 6.76. The first kappa shape index (κ1) is 12.4. The summed E-state index contributed by atoms with van der Waals surface area (Å²) < 4.78 is 29.3. The number of sulfonamides is 1. The van der Waals surface area contributed by atoms with Crippen LogP contribution < -0.4 is 4.72 Å². The Bertz CT molecular complexity index is 651. The third-order valence-electron chi connectivity index (χ3n) is 1.93. The van der Waals surface area contributed by atoms with E-state index in [1.54, 1.807) is 0 Å². The largest absolute Gasteiger partial charge is 0.478 e. The number of carbonyl (C=O) groups is 1. The molecule has 2 rings (SSSR count). The Labute approximate surface area is 105 Å². The van der Waals surface area contributed by atoms with E-state index in [1.807, 2.05) is 0 Å². The molecule has 0 saturated carbocycles. The molecule has 2 N–H and O–H groups in total. The fourth-order valence-electron chi connectivity index (χ4n) is 1.12. The Kier molecular flexibility index (Phi) is 3.21. The van der Waals surface area contributed by atoms with E-state index in [9.17, 15) is 13.2 Å². The smallest absolute Gasteiger partial charge is 0.335 e. The minimum Gasteiger partial charge on any atom is -0.478 e. The fraction of sp³-hybridized carbons (Fsp3) is 0. The maximum Gasteiger partial charge on any atom is 0.335 e. The second kappa shape index (κ2) is 4.66. The lowest BCUT2D eigenvalue weighted by Gasteiger charge is -2.04. The van der Waals surface area contributed by atoms with E-state index in [0.717, 1.165) is 11.5 Å². The van der Waals surface area contributed by atoms with Gasteiger partial charge in [0, 0.05) is 11.5 Å². The van der Waals surface area contributed by atoms with Crippen molar-refractivity contribution >= 4 is 32.7 Å². The molecule has 1 aromatic carbocycles. The molecule has 2 aromatic rings. The number of aromatic carboxylic acids is 1. The van der Waals surface area contributed by atoms with E-state index >= 15 is 0 Å². The van der Waals surface area contributed by atoms with Gasteiger partial charge in [-0.2, -0.15) is 0 Å². The van der Waals surface area contributed by atoms with Gasteiger partial charge in [0.1, 0.15) is 0 Å². The highest BCUT2D eigenvalue weighted by Crippen LogP contribution is 2.16. The number of aromatic nitrogens is 3. The minimum absolute atomic E-state index is 0.00605. The van der Waals surface area contributed by atoms with Crippen molar-refractivity contribution in [3.8, 4) is 0 Å². The molecule has 0 aliphatic heterocycles. The zero-order valence-corrected chi connectivity index (χ0v) is 10.3. The third-order valence-corrected chi connectivity index (χ3v) is 3.93. The molecule has 0 bridgehead atoms. The second-order valence-electron chi connectivity index (χ2n) is 3.10. The molecule has 0 fully saturated rings. The molecule has 0 radical (unpaired) electrons. The molecule has 0 amide bonds. The summed E-state index contributed by atoms with van der Waals surface area (Å²) in [4.78, 5) is 10.6. The van der Waals surface area contributed by atoms with Crippen molar-refractivity contribution in [2.24, 2.45) is 0 Å². The van der Waals surface area contributed by atoms with Gasteiger partial charge in [-0.3, -0.25) is 4.72 Å². The number of carboxylic acid groups (broad SMARTS) is 1. The molecule has 18 heavy (non-hydrogen) atoms. The SMILES string of the molecule is O=C(O)c1ccc(S(=O)(=O)Nc2nnns2)cc1. The van der Waals surface area contributed by atoms with Gasteiger partial charge < -0.3 is 5.11 Å². The number of benzene rings is 1. The number of carboxylic acids is 1. The summed E-state index contributed by atoms with van der Waals surface area (Å²) in [5, 5.41) is 15.4. The summed E-state index contributed by atoms with van der Waals surface area (Å²) in [6, 6.07) is 4.80. The lowest BCUT2D eigenvalue weighted by molar-refractivity contribution is 0.0697. The number of hydrogen-bond donors (Lipinski definition) is 2. The van der Waals surface area contributed by atoms with Crippen molar-refractivity contribution < 1.29 is 18.3 Å². The van der Waals surface area contributed by atoms with Gasteiger partial charge in [-0.05, 0) is 29.5 Å². The van der Waals surface area contributed by atoms with E-state index in [4.69, 9.17) is 5.11 Å². The van der Waals surface area contributed by atoms with E-state index < -0.39 is 16.0 Å². The average Bonchev–Trinajstić information content (AvgIpc) is 2.81. The standard InChI is InChI=1S/C8H6N4O4S2/c13-7(14)5-1-3-6(4-2-5)18(15,16)10-8-9-11-12-17-8/h1-4H,(H,13,14)(H,9,10,12). The molecule has 8 nitrogen and oxygen atoms in total. The zero-order valence-electron chi connectivity index (χ0n) is 8.64. The quantitative estimate of drug-likeness (QED) is 0.835. The molecule has 10 heteroatoms. The number of rotatable bonds is 4. The van der Waals surface area contributed by atoms with Gasteiger partial charge in [-0.1, -0.05) is 9.59 Å². The molecule has 0 atom stereocenters. The lowest BCUT2D eigenvalue weighted by atomic mass is 10.2. The molecular weight excluding hydrogens is 280 g/mol. The van der Waals surface area contributed by atoms with E-state index in [2.05, 4.69) is 19.5 Å². The van der Waals surface area contributed by atoms with Crippen LogP contribution in [0.5, 0.6) is 0 Å². The van der Waals surface area contributed by atoms with Gasteiger partial charge >= 0.3 is 5.97 Å². The van der Waals surface area contributed by atoms with Crippen LogP contribution in [0.4, 0.5) is 5.13 Å². The Hall–Kier alpha value is -2.07. The van der Waals surface area contributed by atoms with Crippen LogP contribution in [0.2, 0.25) is 0 Å². The molecule has 0 aliphatic rings. The topological polar surface area (TPSA) is 122 Å². The zero-order chi connectivity index (χ0) is 13.2. The summed E-state index contributed by atoms with van der Waals surface area (Å²) in [5.74, 6) is -1.12. The number of nitrogens with zero attached hydrogens (tertiary/aromatic N) is 3. The predicted octanol–water partition coefficient (Wildman–Crippen LogP) is 0.432. The second-order valence-corrected chi connectivity index (χ2v) is 5.52. The number of anilines is 1. The van der Waals surface area contributed by atoms with Crippen LogP contribution in [0.1, 0.15) is 10.4 Å². The molecule has 94 valence electrons. The molecular formula is C8H6N4O4S2. The summed E-state index contributed by atoms with van der Waals surface area (Å²) in [6.45, 7) is 0. The highest BCUT2D eigenvalue weighted by atomic mass is 32.2. The maximum absolute atomic E-state index is 11.8. The van der Waals surface area contributed by atoms with Gasteiger partial charge in [-0.25, -0.2) is 13.2 Å². The molecule has 0 aliphatic carbocycles. The minimum atomic E-state index is -3.80. The Morgan fingerprint density at radius 1 is 1.28 bits per heavy atom. The van der Waals surface area contributed by atoms with Crippen molar-refractivity contribution in [2.45, 2.75) is 4.90 Å². The van der Waals surface area contributed by atoms with Gasteiger partial charge in [0.05, 0.1) is 10.5 Å². The van der Waals surface area contributed by atoms with Crippen LogP contribution in [-0.2, 0) is 10.0 Å². The van der Waals surface area contributed by atoms with Crippen molar-refractivity contribution in [2.75, 3.05) is 4.72 Å². The monoisotopic (exact) mass is 286 g/mol. The van der Waals surface area contributed by atoms with Crippen molar-refractivity contribution in [1.29, 1.82) is 0 Å². The third kappa shape index (κ3) is 2.60. The summed E-state index contributed by atoms with van der Waals surface area (Å²) in [6.07, 6.45) is 0. The lowest BCUT2D eigenvalue weighted by Crippen LogP contribution is -2.13. The van der Waals surface area contributed by atoms with Crippen molar-refractivity contribution in [1.82, 2.24) is 14.8 Å². The van der Waals surface area contributed by atoms with E-state index in [-0.39, 0.29) is 15.6 Å².